The number of hydrogen-bond acceptors (Lipinski definition) is 0. The van der Waals surface area contributed by atoms with Gasteiger partial charge in [0.25, 0.3) is 0 Å². The quantitative estimate of drug-likeness (QED) is 0.408. The predicted octanol–water partition coefficient (Wildman–Crippen LogP) is 6.13. The second-order valence-corrected chi connectivity index (χ2v) is 13.0. The zero-order chi connectivity index (χ0) is 16.5. The predicted molar refractivity (Wildman–Crippen MR) is 101 cm³/mol. The van der Waals surface area contributed by atoms with Gasteiger partial charge in [-0.15, -0.1) is 12.8 Å². The van der Waals surface area contributed by atoms with Gasteiger partial charge in [0, 0.05) is 17.6 Å². The third kappa shape index (κ3) is 10.8. The average molecular weight is 365 g/mol. The van der Waals surface area contributed by atoms with Crippen molar-refractivity contribution < 1.29 is 21.7 Å². The van der Waals surface area contributed by atoms with Gasteiger partial charge in [-0.3, -0.25) is 12.2 Å². The molecule has 0 unspecified atom stereocenters. The largest absolute Gasteiger partial charge is 2.00 e. The van der Waals surface area contributed by atoms with E-state index in [1.165, 1.54) is 11.1 Å². The van der Waals surface area contributed by atoms with Crippen molar-refractivity contribution in [3.63, 3.8) is 0 Å². The molecule has 0 fully saturated rings. The second-order valence-electron chi connectivity index (χ2n) is 7.02. The topological polar surface area (TPSA) is 0 Å². The summed E-state index contributed by atoms with van der Waals surface area (Å²) >= 11 is 0. The van der Waals surface area contributed by atoms with E-state index in [2.05, 4.69) is 89.6 Å². The van der Waals surface area contributed by atoms with Crippen molar-refractivity contribution in [1.82, 2.24) is 0 Å². The van der Waals surface area contributed by atoms with Crippen LogP contribution in [0.3, 0.4) is 0 Å². The van der Waals surface area contributed by atoms with Crippen LogP contribution < -0.4 is 0 Å². The third-order valence-electron chi connectivity index (χ3n) is 2.74. The zero-order valence-corrected chi connectivity index (χ0v) is 19.3. The first kappa shape index (κ1) is 24.4. The van der Waals surface area contributed by atoms with E-state index < -0.39 is 0 Å². The summed E-state index contributed by atoms with van der Waals surface area (Å²) in [7, 11) is 0.241. The second kappa shape index (κ2) is 12.5. The Morgan fingerprint density at radius 1 is 0.773 bits per heavy atom. The first-order valence-electron chi connectivity index (χ1n) is 7.77. The molecule has 22 heavy (non-hydrogen) atoms. The van der Waals surface area contributed by atoms with Crippen molar-refractivity contribution in [2.75, 3.05) is 0 Å². The van der Waals surface area contributed by atoms with Gasteiger partial charge in [0.1, 0.15) is 0 Å². The fourth-order valence-corrected chi connectivity index (χ4v) is 1.81. The summed E-state index contributed by atoms with van der Waals surface area (Å²) in [6.07, 6.45) is 17.4. The molecule has 2 aliphatic rings. The molecule has 0 bridgehead atoms. The van der Waals surface area contributed by atoms with Gasteiger partial charge in [-0.1, -0.05) is 58.5 Å². The minimum atomic E-state index is 0. The molecule has 2 rings (SSSR count). The van der Waals surface area contributed by atoms with Gasteiger partial charge in [-0.25, -0.2) is 23.3 Å². The van der Waals surface area contributed by atoms with Gasteiger partial charge < -0.3 is 0 Å². The summed E-state index contributed by atoms with van der Waals surface area (Å²) in [5.74, 6) is 0. The summed E-state index contributed by atoms with van der Waals surface area (Å²) < 4.78 is 0. The Morgan fingerprint density at radius 3 is 1.23 bits per heavy atom. The monoisotopic (exact) mass is 364 g/mol. The Morgan fingerprint density at radius 2 is 1.05 bits per heavy atom. The molecule has 0 aromatic heterocycles. The van der Waals surface area contributed by atoms with Crippen LogP contribution >= 0.6 is 0 Å². The maximum Gasteiger partial charge on any atom is 2.00 e. The number of allylic oxidation sites excluding steroid dienone is 8. The van der Waals surface area contributed by atoms with Crippen molar-refractivity contribution in [2.24, 2.45) is 5.41 Å². The molecule has 0 atom stereocenters. The van der Waals surface area contributed by atoms with Crippen molar-refractivity contribution in [3.8, 4) is 0 Å². The van der Waals surface area contributed by atoms with Gasteiger partial charge in [0.05, 0.1) is 0 Å². The van der Waals surface area contributed by atoms with Gasteiger partial charge >= 0.3 is 21.7 Å². The van der Waals surface area contributed by atoms with Crippen LogP contribution in [0.1, 0.15) is 26.7 Å². The van der Waals surface area contributed by atoms with E-state index in [0.29, 0.717) is 0 Å². The third-order valence-corrected chi connectivity index (χ3v) is 2.74. The average Bonchev–Trinajstić information content (AvgIpc) is 3.02. The molecular weight excluding hydrogens is 332 g/mol. The minimum Gasteiger partial charge on any atom is -0.269 e. The Bertz CT molecular complexity index is 370. The Balaban J connectivity index is 0. The molecule has 0 heterocycles. The van der Waals surface area contributed by atoms with Crippen molar-refractivity contribution in [1.29, 1.82) is 0 Å². The molecular formula is C19H32Si2Ti. The van der Waals surface area contributed by atoms with E-state index >= 15 is 0 Å². The van der Waals surface area contributed by atoms with Gasteiger partial charge in [-0.2, -0.15) is 12.2 Å². The van der Waals surface area contributed by atoms with E-state index in [9.17, 15) is 0 Å². The standard InChI is InChI=1S/C13H14.2C3H9Si.Ti/c1-13(2,11-7-3-4-8-11)12-9-5-6-10-12;2*1-4(2)3;/h3,5,7,9H,4,6H2,1-2H3;2*1-3H3;/q-2;;;+2. The van der Waals surface area contributed by atoms with Crippen LogP contribution in [0.5, 0.6) is 0 Å². The Labute approximate surface area is 158 Å². The molecule has 0 aromatic carbocycles. The van der Waals surface area contributed by atoms with Crippen molar-refractivity contribution in [3.05, 3.63) is 47.6 Å². The zero-order valence-electron chi connectivity index (χ0n) is 15.7. The fourth-order valence-electron chi connectivity index (χ4n) is 1.81. The van der Waals surface area contributed by atoms with E-state index in [-0.39, 0.29) is 44.7 Å². The molecule has 2 aliphatic carbocycles. The van der Waals surface area contributed by atoms with Crippen LogP contribution in [0.2, 0.25) is 39.3 Å². The molecule has 0 saturated heterocycles. The number of hydrogen-bond donors (Lipinski definition) is 0. The molecule has 0 aromatic rings. The van der Waals surface area contributed by atoms with Gasteiger partial charge in [0.15, 0.2) is 0 Å². The first-order chi connectivity index (χ1) is 9.67. The van der Waals surface area contributed by atoms with Gasteiger partial charge in [-0.05, 0) is 0 Å². The molecule has 3 heteroatoms. The summed E-state index contributed by atoms with van der Waals surface area (Å²) in [4.78, 5) is 0. The summed E-state index contributed by atoms with van der Waals surface area (Å²) in [5, 5.41) is 0. The van der Waals surface area contributed by atoms with Gasteiger partial charge in [0.2, 0.25) is 0 Å². The van der Waals surface area contributed by atoms with Crippen LogP contribution in [-0.4, -0.2) is 17.6 Å². The number of rotatable bonds is 2. The van der Waals surface area contributed by atoms with E-state index in [4.69, 9.17) is 0 Å². The minimum absolute atomic E-state index is 0. The molecule has 0 saturated carbocycles. The maximum atomic E-state index is 3.38. The molecule has 0 N–H and O–H groups in total. The SMILES string of the molecule is CC(C)(C1=[C-]CC=C1)C1=[C-]CC=C1.C[Si](C)C.C[Si](C)C.[Ti+2]. The molecule has 0 aliphatic heterocycles. The van der Waals surface area contributed by atoms with E-state index in [0.717, 1.165) is 12.8 Å². The molecule has 120 valence electrons. The van der Waals surface area contributed by atoms with Crippen LogP contribution in [0.4, 0.5) is 0 Å². The molecule has 0 amide bonds. The van der Waals surface area contributed by atoms with Crippen molar-refractivity contribution >= 4 is 17.6 Å². The first-order valence-corrected chi connectivity index (χ1v) is 13.8. The Hall–Kier alpha value is 0.108. The van der Waals surface area contributed by atoms with Crippen LogP contribution in [0.25, 0.3) is 0 Å². The van der Waals surface area contributed by atoms with Crippen LogP contribution in [0.15, 0.2) is 35.5 Å². The molecule has 2 radical (unpaired) electrons. The Kier molecular flexibility index (Phi) is 13.9. The van der Waals surface area contributed by atoms with Crippen molar-refractivity contribution in [2.45, 2.75) is 66.0 Å². The summed E-state index contributed by atoms with van der Waals surface area (Å²) in [6, 6.07) is 0. The normalized spacial score (nSPS) is 15.5. The summed E-state index contributed by atoms with van der Waals surface area (Å²) in [5.41, 5.74) is 2.71. The summed E-state index contributed by atoms with van der Waals surface area (Å²) in [6.45, 7) is 18.1. The fraction of sp³-hybridized carbons (Fsp3) is 0.579. The molecule has 0 nitrogen and oxygen atoms in total. The van der Waals surface area contributed by atoms with E-state index in [1.807, 2.05) is 0 Å². The van der Waals surface area contributed by atoms with E-state index in [1.54, 1.807) is 0 Å². The van der Waals surface area contributed by atoms with Crippen LogP contribution in [-0.2, 0) is 21.7 Å². The van der Waals surface area contributed by atoms with Crippen LogP contribution in [0, 0.1) is 17.6 Å². The maximum absolute atomic E-state index is 3.38. The molecule has 0 spiro atoms. The smallest absolute Gasteiger partial charge is 0.269 e.